The lowest BCUT2D eigenvalue weighted by Crippen LogP contribution is -2.23. The molecule has 0 unspecified atom stereocenters. The van der Waals surface area contributed by atoms with Gasteiger partial charge in [-0.3, -0.25) is 14.9 Å². The van der Waals surface area contributed by atoms with E-state index in [9.17, 15) is 14.9 Å². The van der Waals surface area contributed by atoms with Crippen LogP contribution in [0.4, 0.5) is 10.7 Å². The molecule has 2 aromatic carbocycles. The zero-order valence-corrected chi connectivity index (χ0v) is 24.6. The quantitative estimate of drug-likeness (QED) is 0.110. The average molecular weight is 673 g/mol. The van der Waals surface area contributed by atoms with Gasteiger partial charge in [-0.15, -0.1) is 11.3 Å². The van der Waals surface area contributed by atoms with E-state index < -0.39 is 4.92 Å². The van der Waals surface area contributed by atoms with Crippen molar-refractivity contribution in [2.45, 2.75) is 38.8 Å². The number of hydrogen-bond donors (Lipinski definition) is 1. The first-order chi connectivity index (χ1) is 18.9. The summed E-state index contributed by atoms with van der Waals surface area (Å²) >= 11 is 8.73. The number of ether oxygens (including phenoxy) is 1. The van der Waals surface area contributed by atoms with Crippen LogP contribution in [0.5, 0.6) is 5.75 Å². The second-order valence-electron chi connectivity index (χ2n) is 8.94. The molecule has 1 aliphatic rings. The van der Waals surface area contributed by atoms with E-state index in [4.69, 9.17) is 14.1 Å². The molecule has 2 aromatic heterocycles. The van der Waals surface area contributed by atoms with Gasteiger partial charge in [-0.05, 0) is 111 Å². The molecule has 39 heavy (non-hydrogen) atoms. The number of nitro groups is 1. The zero-order valence-electron chi connectivity index (χ0n) is 20.6. The summed E-state index contributed by atoms with van der Waals surface area (Å²) in [7, 11) is 0. The van der Waals surface area contributed by atoms with Crippen molar-refractivity contribution in [3.8, 4) is 5.75 Å². The van der Waals surface area contributed by atoms with Crippen LogP contribution in [0.1, 0.15) is 50.5 Å². The Kier molecular flexibility index (Phi) is 8.59. The predicted molar refractivity (Wildman–Crippen MR) is 157 cm³/mol. The first-order valence-electron chi connectivity index (χ1n) is 12.2. The van der Waals surface area contributed by atoms with Crippen LogP contribution in [0.3, 0.4) is 0 Å². The zero-order chi connectivity index (χ0) is 27.4. The van der Waals surface area contributed by atoms with E-state index in [-0.39, 0.29) is 18.2 Å². The number of benzene rings is 2. The Labute approximate surface area is 245 Å². The van der Waals surface area contributed by atoms with Crippen LogP contribution in [0.25, 0.3) is 0 Å². The topological polar surface area (TPSA) is 107 Å². The summed E-state index contributed by atoms with van der Waals surface area (Å²) in [5.41, 5.74) is 3.43. The summed E-state index contributed by atoms with van der Waals surface area (Å²) in [6.07, 6.45) is 7.36. The average Bonchev–Trinajstić information content (AvgIpc) is 3.58. The number of fused-ring (bicyclic) bond motifs is 1. The highest BCUT2D eigenvalue weighted by Crippen LogP contribution is 2.40. The lowest BCUT2D eigenvalue weighted by atomic mass is 9.95. The first kappa shape index (κ1) is 27.3. The SMILES string of the molecule is O=C(NCc1ccco1)c1c(N=Cc2cc(Br)c(OCc3ccc([N+](=O)[O-])cc3)c(Br)c2)sc2c1CCCC2. The van der Waals surface area contributed by atoms with Gasteiger partial charge in [0.05, 0.1) is 32.2 Å². The van der Waals surface area contributed by atoms with Gasteiger partial charge in [0.15, 0.2) is 0 Å². The highest BCUT2D eigenvalue weighted by molar-refractivity contribution is 9.11. The number of non-ortho nitro benzene ring substituents is 1. The summed E-state index contributed by atoms with van der Waals surface area (Å²) in [6, 6.07) is 13.7. The van der Waals surface area contributed by atoms with Gasteiger partial charge in [0.25, 0.3) is 11.6 Å². The Bertz CT molecular complexity index is 1510. The van der Waals surface area contributed by atoms with Gasteiger partial charge in [0.2, 0.25) is 0 Å². The monoisotopic (exact) mass is 671 g/mol. The molecule has 0 aliphatic heterocycles. The van der Waals surface area contributed by atoms with Gasteiger partial charge in [0.1, 0.15) is 23.1 Å². The molecular weight excluding hydrogens is 650 g/mol. The third-order valence-electron chi connectivity index (χ3n) is 6.26. The number of amides is 1. The molecule has 0 saturated heterocycles. The molecule has 1 aliphatic carbocycles. The van der Waals surface area contributed by atoms with Crippen molar-refractivity contribution in [2.75, 3.05) is 0 Å². The van der Waals surface area contributed by atoms with E-state index in [1.807, 2.05) is 18.2 Å². The maximum atomic E-state index is 13.2. The maximum absolute atomic E-state index is 13.2. The number of rotatable bonds is 9. The molecule has 5 rings (SSSR count). The third kappa shape index (κ3) is 6.48. The Morgan fingerprint density at radius 1 is 1.15 bits per heavy atom. The Morgan fingerprint density at radius 3 is 2.59 bits per heavy atom. The first-order valence-corrected chi connectivity index (χ1v) is 14.6. The van der Waals surface area contributed by atoms with Crippen molar-refractivity contribution in [3.63, 3.8) is 0 Å². The number of halogens is 2. The second-order valence-corrected chi connectivity index (χ2v) is 11.7. The van der Waals surface area contributed by atoms with Crippen molar-refractivity contribution < 1.29 is 18.9 Å². The van der Waals surface area contributed by atoms with Crippen LogP contribution < -0.4 is 10.1 Å². The van der Waals surface area contributed by atoms with E-state index in [0.717, 1.165) is 51.3 Å². The van der Waals surface area contributed by atoms with Gasteiger partial charge in [-0.1, -0.05) is 0 Å². The molecule has 1 N–H and O–H groups in total. The third-order valence-corrected chi connectivity index (χ3v) is 8.64. The minimum absolute atomic E-state index is 0.0366. The summed E-state index contributed by atoms with van der Waals surface area (Å²) in [6.45, 7) is 0.570. The van der Waals surface area contributed by atoms with Crippen LogP contribution >= 0.6 is 43.2 Å². The van der Waals surface area contributed by atoms with E-state index in [2.05, 4.69) is 37.2 Å². The molecule has 8 nitrogen and oxygen atoms in total. The molecule has 0 atom stereocenters. The fourth-order valence-electron chi connectivity index (χ4n) is 4.34. The molecule has 0 fully saturated rings. The standard InChI is InChI=1S/C28H23Br2N3O5S/c29-22-12-18(13-23(30)26(22)38-16-17-7-9-19(10-8-17)33(35)36)14-32-28-25(21-5-1-2-6-24(21)39-28)27(34)31-15-20-4-3-11-37-20/h3-4,7-14H,1-2,5-6,15-16H2,(H,31,34). The van der Waals surface area contributed by atoms with Crippen molar-refractivity contribution in [1.29, 1.82) is 0 Å². The number of aryl methyl sites for hydroxylation is 1. The maximum Gasteiger partial charge on any atom is 0.269 e. The number of carbonyl (C=O) groups is 1. The number of thiophene rings is 1. The summed E-state index contributed by atoms with van der Waals surface area (Å²) in [5, 5.41) is 14.5. The number of nitro benzene ring substituents is 1. The minimum atomic E-state index is -0.431. The van der Waals surface area contributed by atoms with Gasteiger partial charge >= 0.3 is 0 Å². The molecular formula is C28H23Br2N3O5S. The minimum Gasteiger partial charge on any atom is -0.487 e. The van der Waals surface area contributed by atoms with Crippen LogP contribution in [-0.2, 0) is 26.0 Å². The van der Waals surface area contributed by atoms with Gasteiger partial charge in [0, 0.05) is 23.2 Å². The number of hydrogen-bond acceptors (Lipinski definition) is 7. The number of nitrogens with one attached hydrogen (secondary N) is 1. The van der Waals surface area contributed by atoms with Crippen molar-refractivity contribution in [1.82, 2.24) is 5.32 Å². The molecule has 0 radical (unpaired) electrons. The summed E-state index contributed by atoms with van der Waals surface area (Å²) in [4.78, 5) is 29.6. The molecule has 4 aromatic rings. The Morgan fingerprint density at radius 2 is 1.90 bits per heavy atom. The Hall–Kier alpha value is -3.28. The second kappa shape index (κ2) is 12.3. The smallest absolute Gasteiger partial charge is 0.269 e. The van der Waals surface area contributed by atoms with Crippen LogP contribution in [0, 0.1) is 10.1 Å². The number of furan rings is 1. The Balaban J connectivity index is 1.33. The number of carbonyl (C=O) groups excluding carboxylic acids is 1. The van der Waals surface area contributed by atoms with E-state index >= 15 is 0 Å². The summed E-state index contributed by atoms with van der Waals surface area (Å²) in [5.74, 6) is 1.16. The number of nitrogens with zero attached hydrogens (tertiary/aromatic N) is 2. The molecule has 2 heterocycles. The van der Waals surface area contributed by atoms with Gasteiger partial charge in [-0.2, -0.15) is 0 Å². The van der Waals surface area contributed by atoms with Gasteiger partial charge < -0.3 is 14.5 Å². The fourth-order valence-corrected chi connectivity index (χ4v) is 7.02. The lowest BCUT2D eigenvalue weighted by Gasteiger charge is -2.12. The van der Waals surface area contributed by atoms with Crippen molar-refractivity contribution in [3.05, 3.63) is 107 Å². The molecule has 1 amide bonds. The predicted octanol–water partition coefficient (Wildman–Crippen LogP) is 7.91. The molecule has 0 bridgehead atoms. The van der Waals surface area contributed by atoms with E-state index in [0.29, 0.717) is 28.6 Å². The van der Waals surface area contributed by atoms with Crippen molar-refractivity contribution >= 4 is 66.0 Å². The largest absolute Gasteiger partial charge is 0.487 e. The molecule has 0 spiro atoms. The highest BCUT2D eigenvalue weighted by Gasteiger charge is 2.25. The molecule has 200 valence electrons. The normalized spacial score (nSPS) is 12.9. The molecule has 11 heteroatoms. The molecule has 0 saturated carbocycles. The van der Waals surface area contributed by atoms with E-state index in [1.165, 1.54) is 17.0 Å². The van der Waals surface area contributed by atoms with Gasteiger partial charge in [-0.25, -0.2) is 4.99 Å². The fraction of sp³-hybridized carbons (Fsp3) is 0.214. The van der Waals surface area contributed by atoms with Crippen LogP contribution in [0.2, 0.25) is 0 Å². The van der Waals surface area contributed by atoms with Crippen molar-refractivity contribution in [2.24, 2.45) is 4.99 Å². The van der Waals surface area contributed by atoms with Crippen LogP contribution in [-0.4, -0.2) is 17.0 Å². The highest BCUT2D eigenvalue weighted by atomic mass is 79.9. The summed E-state index contributed by atoms with van der Waals surface area (Å²) < 4.78 is 12.8. The lowest BCUT2D eigenvalue weighted by molar-refractivity contribution is -0.384. The van der Waals surface area contributed by atoms with Crippen LogP contribution in [0.15, 0.2) is 73.1 Å². The number of aliphatic imine (C=N–C) groups is 1. The van der Waals surface area contributed by atoms with E-state index in [1.54, 1.807) is 42.0 Å².